The maximum atomic E-state index is 5.79. The van der Waals surface area contributed by atoms with E-state index in [-0.39, 0.29) is 5.41 Å². The van der Waals surface area contributed by atoms with E-state index < -0.39 is 0 Å². The molecule has 5 rings (SSSR count). The molecule has 31 heavy (non-hydrogen) atoms. The Balaban J connectivity index is 1.67. The van der Waals surface area contributed by atoms with Crippen molar-refractivity contribution in [3.63, 3.8) is 0 Å². The van der Waals surface area contributed by atoms with Gasteiger partial charge in [-0.15, -0.1) is 0 Å². The maximum Gasteiger partial charge on any atom is 0.128 e. The molecule has 0 unspecified atom stereocenters. The number of methoxy groups -OCH3 is 2. The van der Waals surface area contributed by atoms with Crippen LogP contribution in [0.25, 0.3) is 33.5 Å². The predicted octanol–water partition coefficient (Wildman–Crippen LogP) is 6.74. The molecule has 0 spiro atoms. The average molecular weight is 408 g/mol. The highest BCUT2D eigenvalue weighted by Gasteiger charge is 2.37. The van der Waals surface area contributed by atoms with Crippen LogP contribution < -0.4 is 9.47 Å². The van der Waals surface area contributed by atoms with Crippen molar-refractivity contribution in [2.75, 3.05) is 14.2 Å². The second-order valence-electron chi connectivity index (χ2n) is 8.39. The van der Waals surface area contributed by atoms with Crippen molar-refractivity contribution in [3.8, 4) is 45.0 Å². The summed E-state index contributed by atoms with van der Waals surface area (Å²) in [6, 6.07) is 25.5. The first-order valence-corrected chi connectivity index (χ1v) is 10.5. The number of ether oxygens (including phenoxy) is 2. The highest BCUT2D eigenvalue weighted by atomic mass is 16.5. The summed E-state index contributed by atoms with van der Waals surface area (Å²) in [5, 5.41) is 0. The monoisotopic (exact) mass is 407 g/mol. The van der Waals surface area contributed by atoms with Crippen LogP contribution in [-0.2, 0) is 5.41 Å². The first kappa shape index (κ1) is 19.4. The first-order chi connectivity index (χ1) is 15.0. The van der Waals surface area contributed by atoms with Gasteiger partial charge in [0.2, 0.25) is 0 Å². The second kappa shape index (κ2) is 7.28. The van der Waals surface area contributed by atoms with Crippen LogP contribution in [-0.4, -0.2) is 19.2 Å². The van der Waals surface area contributed by atoms with Crippen molar-refractivity contribution < 1.29 is 9.47 Å². The van der Waals surface area contributed by atoms with Gasteiger partial charge in [-0.25, -0.2) is 0 Å². The Morgan fingerprint density at radius 2 is 1.48 bits per heavy atom. The number of benzene rings is 3. The minimum Gasteiger partial charge on any atom is -0.497 e. The Kier molecular flexibility index (Phi) is 4.55. The molecule has 1 aliphatic rings. The van der Waals surface area contributed by atoms with Crippen LogP contribution in [0.15, 0.2) is 79.0 Å². The fourth-order valence-electron chi connectivity index (χ4n) is 4.84. The van der Waals surface area contributed by atoms with Crippen molar-refractivity contribution in [3.05, 3.63) is 90.1 Å². The average Bonchev–Trinajstić information content (AvgIpc) is 3.06. The van der Waals surface area contributed by atoms with Crippen LogP contribution in [0, 0.1) is 0 Å². The van der Waals surface area contributed by atoms with Crippen LogP contribution in [0.5, 0.6) is 11.5 Å². The molecule has 0 saturated heterocycles. The largest absolute Gasteiger partial charge is 0.497 e. The Morgan fingerprint density at radius 1 is 0.710 bits per heavy atom. The highest BCUT2D eigenvalue weighted by Crippen LogP contribution is 2.52. The number of rotatable bonds is 4. The zero-order chi connectivity index (χ0) is 21.6. The van der Waals surface area contributed by atoms with Crippen molar-refractivity contribution >= 4 is 0 Å². The summed E-state index contributed by atoms with van der Waals surface area (Å²) in [6.07, 6.45) is 1.76. The molecule has 0 saturated carbocycles. The standard InChI is InChI=1S/C28H25NO2/c1-28(2)24-11-6-5-8-21(24)22-10-7-9-20(27(22)28)18-12-13-23(26(16-18)31-4)25-17-19(30-3)14-15-29-25/h5-17H,1-4H3. The highest BCUT2D eigenvalue weighted by molar-refractivity contribution is 5.89. The normalized spacial score (nSPS) is 13.4. The molecule has 3 heteroatoms. The Morgan fingerprint density at radius 3 is 2.29 bits per heavy atom. The number of aromatic nitrogens is 1. The molecule has 1 aromatic heterocycles. The summed E-state index contributed by atoms with van der Waals surface area (Å²) in [5.41, 5.74) is 9.47. The van der Waals surface area contributed by atoms with E-state index in [4.69, 9.17) is 9.47 Å². The van der Waals surface area contributed by atoms with Gasteiger partial charge in [-0.2, -0.15) is 0 Å². The molecular weight excluding hydrogens is 382 g/mol. The van der Waals surface area contributed by atoms with Gasteiger partial charge in [-0.05, 0) is 51.6 Å². The van der Waals surface area contributed by atoms with Crippen molar-refractivity contribution in [1.29, 1.82) is 0 Å². The van der Waals surface area contributed by atoms with Crippen LogP contribution >= 0.6 is 0 Å². The number of pyridine rings is 1. The maximum absolute atomic E-state index is 5.79. The van der Waals surface area contributed by atoms with Crippen molar-refractivity contribution in [1.82, 2.24) is 4.98 Å². The molecule has 0 amide bonds. The van der Waals surface area contributed by atoms with E-state index in [1.165, 1.54) is 27.8 Å². The summed E-state index contributed by atoms with van der Waals surface area (Å²) < 4.78 is 11.2. The van der Waals surface area contributed by atoms with Crippen LogP contribution in [0.4, 0.5) is 0 Å². The fraction of sp³-hybridized carbons (Fsp3) is 0.179. The lowest BCUT2D eigenvalue weighted by atomic mass is 9.79. The van der Waals surface area contributed by atoms with Gasteiger partial charge in [0.15, 0.2) is 0 Å². The van der Waals surface area contributed by atoms with Crippen LogP contribution in [0.3, 0.4) is 0 Å². The van der Waals surface area contributed by atoms with Gasteiger partial charge in [0.05, 0.1) is 19.9 Å². The minimum atomic E-state index is -0.0667. The number of hydrogen-bond acceptors (Lipinski definition) is 3. The zero-order valence-electron chi connectivity index (χ0n) is 18.3. The summed E-state index contributed by atoms with van der Waals surface area (Å²) >= 11 is 0. The molecule has 4 aromatic rings. The lowest BCUT2D eigenvalue weighted by Gasteiger charge is -2.24. The van der Waals surface area contributed by atoms with Gasteiger partial charge in [0.25, 0.3) is 0 Å². The third kappa shape index (κ3) is 3.00. The fourth-order valence-corrected chi connectivity index (χ4v) is 4.84. The zero-order valence-corrected chi connectivity index (χ0v) is 18.3. The third-order valence-electron chi connectivity index (χ3n) is 6.34. The van der Waals surface area contributed by atoms with E-state index in [0.29, 0.717) is 0 Å². The van der Waals surface area contributed by atoms with E-state index in [2.05, 4.69) is 79.5 Å². The molecule has 0 fully saturated rings. The lowest BCUT2D eigenvalue weighted by Crippen LogP contribution is -2.16. The Bertz CT molecular complexity index is 1290. The summed E-state index contributed by atoms with van der Waals surface area (Å²) in [4.78, 5) is 4.52. The SMILES string of the molecule is COc1ccnc(-c2ccc(-c3cccc4c3C(C)(C)c3ccccc3-4)cc2OC)c1. The second-order valence-corrected chi connectivity index (χ2v) is 8.39. The topological polar surface area (TPSA) is 31.4 Å². The molecule has 0 bridgehead atoms. The third-order valence-corrected chi connectivity index (χ3v) is 6.34. The molecule has 3 nitrogen and oxygen atoms in total. The quantitative estimate of drug-likeness (QED) is 0.375. The van der Waals surface area contributed by atoms with Gasteiger partial charge in [-0.3, -0.25) is 4.98 Å². The summed E-state index contributed by atoms with van der Waals surface area (Å²) in [5.74, 6) is 1.57. The molecule has 1 heterocycles. The van der Waals surface area contributed by atoms with Gasteiger partial charge < -0.3 is 9.47 Å². The molecule has 0 atom stereocenters. The molecule has 0 aliphatic heterocycles. The Labute approximate surface area is 183 Å². The summed E-state index contributed by atoms with van der Waals surface area (Å²) in [6.45, 7) is 4.62. The number of fused-ring (bicyclic) bond motifs is 3. The van der Waals surface area contributed by atoms with E-state index >= 15 is 0 Å². The molecule has 1 aliphatic carbocycles. The van der Waals surface area contributed by atoms with E-state index in [1.54, 1.807) is 20.4 Å². The molecule has 3 aromatic carbocycles. The lowest BCUT2D eigenvalue weighted by molar-refractivity contribution is 0.413. The van der Waals surface area contributed by atoms with Gasteiger partial charge >= 0.3 is 0 Å². The Hall–Kier alpha value is -3.59. The number of nitrogens with zero attached hydrogens (tertiary/aromatic N) is 1. The van der Waals surface area contributed by atoms with Crippen LogP contribution in [0.1, 0.15) is 25.0 Å². The first-order valence-electron chi connectivity index (χ1n) is 10.5. The van der Waals surface area contributed by atoms with E-state index in [9.17, 15) is 0 Å². The smallest absolute Gasteiger partial charge is 0.128 e. The molecule has 154 valence electrons. The van der Waals surface area contributed by atoms with Gasteiger partial charge in [0.1, 0.15) is 11.5 Å². The van der Waals surface area contributed by atoms with Gasteiger partial charge in [-0.1, -0.05) is 62.4 Å². The predicted molar refractivity (Wildman–Crippen MR) is 126 cm³/mol. The van der Waals surface area contributed by atoms with Crippen LogP contribution in [0.2, 0.25) is 0 Å². The molecular formula is C28H25NO2. The van der Waals surface area contributed by atoms with Crippen molar-refractivity contribution in [2.45, 2.75) is 19.3 Å². The van der Waals surface area contributed by atoms with Gasteiger partial charge in [0, 0.05) is 23.2 Å². The van der Waals surface area contributed by atoms with E-state index in [1.807, 2.05) is 12.1 Å². The molecule has 0 N–H and O–H groups in total. The van der Waals surface area contributed by atoms with E-state index in [0.717, 1.165) is 28.3 Å². The number of hydrogen-bond donors (Lipinski definition) is 0. The summed E-state index contributed by atoms with van der Waals surface area (Å²) in [7, 11) is 3.37. The minimum absolute atomic E-state index is 0.0667. The molecule has 0 radical (unpaired) electrons. The van der Waals surface area contributed by atoms with Crippen molar-refractivity contribution in [2.24, 2.45) is 0 Å².